The summed E-state index contributed by atoms with van der Waals surface area (Å²) in [7, 11) is 0. The molecule has 1 heterocycles. The molecule has 1 aromatic heterocycles. The van der Waals surface area contributed by atoms with Gasteiger partial charge in [-0.15, -0.1) is 0 Å². The van der Waals surface area contributed by atoms with Crippen molar-refractivity contribution in [1.82, 2.24) is 5.16 Å². The number of halogens is 1. The number of carbonyl (C=O) groups excluding carboxylic acids is 1. The quantitative estimate of drug-likeness (QED) is 0.765. The molecule has 0 N–H and O–H groups in total. The van der Waals surface area contributed by atoms with Crippen LogP contribution in [0.15, 0.2) is 28.8 Å². The molecule has 0 atom stereocenters. The van der Waals surface area contributed by atoms with Gasteiger partial charge in [-0.3, -0.25) is 4.79 Å². The number of aromatic nitrogens is 1. The number of aryl methyl sites for hydroxylation is 1. The van der Waals surface area contributed by atoms with Gasteiger partial charge in [0.25, 0.3) is 0 Å². The highest BCUT2D eigenvalue weighted by atomic mass is 19.1. The van der Waals surface area contributed by atoms with Crippen molar-refractivity contribution in [3.63, 3.8) is 0 Å². The molecule has 17 heavy (non-hydrogen) atoms. The summed E-state index contributed by atoms with van der Waals surface area (Å²) in [6.07, 6.45) is 0.501. The number of ketones is 1. The van der Waals surface area contributed by atoms with Gasteiger partial charge in [0.1, 0.15) is 17.3 Å². The first kappa shape index (κ1) is 11.5. The highest BCUT2D eigenvalue weighted by Crippen LogP contribution is 2.14. The van der Waals surface area contributed by atoms with Crippen LogP contribution in [0.2, 0.25) is 0 Å². The van der Waals surface area contributed by atoms with Crippen LogP contribution in [0.25, 0.3) is 0 Å². The molecule has 0 aliphatic rings. The molecule has 4 heteroatoms. The minimum Gasteiger partial charge on any atom is -0.360 e. The number of Topliss-reactive ketones (excluding diaryl/α,β-unsaturated/α-hetero) is 1. The molecule has 0 bridgehead atoms. The first-order valence-corrected chi connectivity index (χ1v) is 5.28. The van der Waals surface area contributed by atoms with E-state index in [0.717, 1.165) is 5.56 Å². The second-order valence-electron chi connectivity index (χ2n) is 3.99. The van der Waals surface area contributed by atoms with Crippen LogP contribution in [0.4, 0.5) is 4.39 Å². The Morgan fingerprint density at radius 1 is 1.41 bits per heavy atom. The van der Waals surface area contributed by atoms with E-state index in [-0.39, 0.29) is 11.6 Å². The molecule has 3 nitrogen and oxygen atoms in total. The molecule has 0 spiro atoms. The molecule has 0 aliphatic heterocycles. The highest BCUT2D eigenvalue weighted by Gasteiger charge is 2.09. The van der Waals surface area contributed by atoms with Crippen molar-refractivity contribution < 1.29 is 13.7 Å². The average molecular weight is 233 g/mol. The zero-order chi connectivity index (χ0) is 12.4. The number of rotatable bonds is 3. The van der Waals surface area contributed by atoms with Crippen LogP contribution in [0.5, 0.6) is 0 Å². The lowest BCUT2D eigenvalue weighted by Crippen LogP contribution is -1.91. The Morgan fingerprint density at radius 3 is 2.76 bits per heavy atom. The summed E-state index contributed by atoms with van der Waals surface area (Å²) in [6, 6.07) is 6.48. The smallest absolute Gasteiger partial charge is 0.181 e. The lowest BCUT2D eigenvalue weighted by Gasteiger charge is -2.00. The van der Waals surface area contributed by atoms with E-state index in [1.807, 2.05) is 0 Å². The molecule has 1 aromatic carbocycles. The lowest BCUT2D eigenvalue weighted by molar-refractivity contribution is 0.100. The third-order valence-corrected chi connectivity index (χ3v) is 2.52. The molecule has 0 amide bonds. The SMILES string of the molecule is CC(=O)c1cc(Cc2ccc(F)c(C)c2)on1. The van der Waals surface area contributed by atoms with E-state index in [9.17, 15) is 9.18 Å². The van der Waals surface area contributed by atoms with E-state index in [2.05, 4.69) is 5.16 Å². The first-order valence-electron chi connectivity index (χ1n) is 5.28. The zero-order valence-electron chi connectivity index (χ0n) is 9.66. The standard InChI is InChI=1S/C13H12FNO2/c1-8-5-10(3-4-12(8)14)6-11-7-13(9(2)16)15-17-11/h3-5,7H,6H2,1-2H3. The molecule has 0 radical (unpaired) electrons. The van der Waals surface area contributed by atoms with Gasteiger partial charge in [-0.25, -0.2) is 4.39 Å². The molecule has 0 aliphatic carbocycles. The maximum atomic E-state index is 13.1. The second kappa shape index (κ2) is 4.49. The summed E-state index contributed by atoms with van der Waals surface area (Å²) in [5.41, 5.74) is 1.84. The van der Waals surface area contributed by atoms with Gasteiger partial charge < -0.3 is 4.52 Å². The Balaban J connectivity index is 2.19. The summed E-state index contributed by atoms with van der Waals surface area (Å²) in [6.45, 7) is 3.14. The Kier molecular flexibility index (Phi) is 3.04. The number of hydrogen-bond acceptors (Lipinski definition) is 3. The Morgan fingerprint density at radius 2 is 2.18 bits per heavy atom. The Labute approximate surface area is 98.2 Å². The number of hydrogen-bond donors (Lipinski definition) is 0. The van der Waals surface area contributed by atoms with Gasteiger partial charge in [0.05, 0.1) is 0 Å². The fraction of sp³-hybridized carbons (Fsp3) is 0.231. The summed E-state index contributed by atoms with van der Waals surface area (Å²) in [4.78, 5) is 11.0. The molecule has 0 unspecified atom stereocenters. The van der Waals surface area contributed by atoms with Crippen LogP contribution in [-0.4, -0.2) is 10.9 Å². The lowest BCUT2D eigenvalue weighted by atomic mass is 10.1. The fourth-order valence-electron chi connectivity index (χ4n) is 1.58. The summed E-state index contributed by atoms with van der Waals surface area (Å²) in [5.74, 6) is 0.243. The Bertz CT molecular complexity index is 560. The minimum absolute atomic E-state index is 0.129. The summed E-state index contributed by atoms with van der Waals surface area (Å²) >= 11 is 0. The maximum Gasteiger partial charge on any atom is 0.181 e. The van der Waals surface area contributed by atoms with Gasteiger partial charge in [-0.2, -0.15) is 0 Å². The van der Waals surface area contributed by atoms with E-state index in [1.54, 1.807) is 25.1 Å². The van der Waals surface area contributed by atoms with Crippen molar-refractivity contribution in [1.29, 1.82) is 0 Å². The molecule has 2 rings (SSSR count). The molecule has 88 valence electrons. The monoisotopic (exact) mass is 233 g/mol. The van der Waals surface area contributed by atoms with Crippen LogP contribution < -0.4 is 0 Å². The largest absolute Gasteiger partial charge is 0.360 e. The molecule has 0 saturated heterocycles. The van der Waals surface area contributed by atoms with E-state index in [1.165, 1.54) is 13.0 Å². The van der Waals surface area contributed by atoms with Crippen molar-refractivity contribution in [3.05, 3.63) is 52.7 Å². The topological polar surface area (TPSA) is 43.1 Å². The molecule has 0 fully saturated rings. The zero-order valence-corrected chi connectivity index (χ0v) is 9.66. The second-order valence-corrected chi connectivity index (χ2v) is 3.99. The summed E-state index contributed by atoms with van der Waals surface area (Å²) < 4.78 is 18.1. The van der Waals surface area contributed by atoms with E-state index < -0.39 is 0 Å². The third kappa shape index (κ3) is 2.58. The van der Waals surface area contributed by atoms with Crippen LogP contribution in [-0.2, 0) is 6.42 Å². The van der Waals surface area contributed by atoms with Gasteiger partial charge in [-0.05, 0) is 24.1 Å². The molecule has 0 saturated carbocycles. The average Bonchev–Trinajstić information content (AvgIpc) is 2.72. The van der Waals surface area contributed by atoms with Crippen molar-refractivity contribution in [2.24, 2.45) is 0 Å². The predicted octanol–water partition coefficient (Wildman–Crippen LogP) is 2.92. The van der Waals surface area contributed by atoms with Crippen molar-refractivity contribution in [2.45, 2.75) is 20.3 Å². The first-order chi connectivity index (χ1) is 8.06. The number of nitrogens with zero attached hydrogens (tertiary/aromatic N) is 1. The molecular formula is C13H12FNO2. The predicted molar refractivity (Wildman–Crippen MR) is 60.5 cm³/mol. The molecule has 2 aromatic rings. The fourth-order valence-corrected chi connectivity index (χ4v) is 1.58. The normalized spacial score (nSPS) is 10.5. The van der Waals surface area contributed by atoms with E-state index in [0.29, 0.717) is 23.4 Å². The van der Waals surface area contributed by atoms with Gasteiger partial charge in [0, 0.05) is 19.4 Å². The van der Waals surface area contributed by atoms with Crippen molar-refractivity contribution in [3.8, 4) is 0 Å². The maximum absolute atomic E-state index is 13.1. The Hall–Kier alpha value is -1.97. The van der Waals surface area contributed by atoms with Crippen LogP contribution >= 0.6 is 0 Å². The number of benzene rings is 1. The van der Waals surface area contributed by atoms with E-state index >= 15 is 0 Å². The molecular weight excluding hydrogens is 221 g/mol. The number of carbonyl (C=O) groups is 1. The van der Waals surface area contributed by atoms with Crippen LogP contribution in [0.1, 0.15) is 34.3 Å². The third-order valence-electron chi connectivity index (χ3n) is 2.52. The summed E-state index contributed by atoms with van der Waals surface area (Å²) in [5, 5.41) is 3.65. The van der Waals surface area contributed by atoms with Gasteiger partial charge in [0.2, 0.25) is 0 Å². The van der Waals surface area contributed by atoms with Crippen molar-refractivity contribution in [2.75, 3.05) is 0 Å². The van der Waals surface area contributed by atoms with Gasteiger partial charge in [-0.1, -0.05) is 17.3 Å². The van der Waals surface area contributed by atoms with Crippen LogP contribution in [0, 0.1) is 12.7 Å². The van der Waals surface area contributed by atoms with Crippen molar-refractivity contribution >= 4 is 5.78 Å². The van der Waals surface area contributed by atoms with Crippen LogP contribution in [0.3, 0.4) is 0 Å². The highest BCUT2D eigenvalue weighted by molar-refractivity contribution is 5.91. The van der Waals surface area contributed by atoms with Gasteiger partial charge in [0.15, 0.2) is 5.78 Å². The van der Waals surface area contributed by atoms with Gasteiger partial charge >= 0.3 is 0 Å². The minimum atomic E-state index is -0.226. The van der Waals surface area contributed by atoms with E-state index in [4.69, 9.17) is 4.52 Å².